The number of fused-ring (bicyclic) bond motifs is 6. The fourth-order valence-electron chi connectivity index (χ4n) is 12.3. The summed E-state index contributed by atoms with van der Waals surface area (Å²) >= 11 is 0. The first-order valence-electron chi connectivity index (χ1n) is 25.6. The number of rotatable bonds is 10. The Labute approximate surface area is 421 Å². The van der Waals surface area contributed by atoms with Gasteiger partial charge in [-0.25, -0.2) is 0 Å². The Balaban J connectivity index is 1.06. The molecule has 0 saturated carbocycles. The van der Waals surface area contributed by atoms with E-state index in [9.17, 15) is 10.2 Å². The summed E-state index contributed by atoms with van der Waals surface area (Å²) in [5.41, 5.74) is 19.8. The summed E-state index contributed by atoms with van der Waals surface area (Å²) in [6, 6.07) is 38.6. The van der Waals surface area contributed by atoms with Gasteiger partial charge in [-0.1, -0.05) is 87.5 Å². The molecule has 360 valence electrons. The molecule has 0 aromatic heterocycles. The first-order chi connectivity index (χ1) is 34.0. The summed E-state index contributed by atoms with van der Waals surface area (Å²) in [6.07, 6.45) is 14.3. The number of hydrogen-bond acceptors (Lipinski definition) is 4. The van der Waals surface area contributed by atoms with E-state index in [1.165, 1.54) is 83.3 Å². The molecule has 0 fully saturated rings. The van der Waals surface area contributed by atoms with Crippen LogP contribution in [-0.4, -0.2) is 34.6 Å². The van der Waals surface area contributed by atoms with Gasteiger partial charge in [0.05, 0.1) is 5.41 Å². The smallest absolute Gasteiger partial charge is 0.210 e. The van der Waals surface area contributed by atoms with Crippen LogP contribution in [0.2, 0.25) is 0 Å². The average Bonchev–Trinajstić information content (AvgIpc) is 3.68. The third-order valence-electron chi connectivity index (χ3n) is 16.5. The molecular weight excluding hydrogens is 869 g/mol. The molecule has 2 N–H and O–H groups in total. The molecular formula is C66H69N2O3+. The van der Waals surface area contributed by atoms with Crippen LogP contribution in [0.3, 0.4) is 0 Å². The van der Waals surface area contributed by atoms with Crippen LogP contribution in [0.4, 0.5) is 11.4 Å². The van der Waals surface area contributed by atoms with Gasteiger partial charge in [-0.05, 0) is 211 Å². The summed E-state index contributed by atoms with van der Waals surface area (Å²) in [5, 5.41) is 26.9. The van der Waals surface area contributed by atoms with Gasteiger partial charge in [0, 0.05) is 53.5 Å². The van der Waals surface area contributed by atoms with Crippen LogP contribution in [0.25, 0.3) is 21.5 Å². The highest BCUT2D eigenvalue weighted by molar-refractivity contribution is 6.07. The van der Waals surface area contributed by atoms with E-state index in [1.54, 1.807) is 6.07 Å². The number of ether oxygens (including phenoxy) is 1. The van der Waals surface area contributed by atoms with Gasteiger partial charge >= 0.3 is 0 Å². The molecule has 0 spiro atoms. The quantitative estimate of drug-likeness (QED) is 0.134. The number of phenolic OH excluding ortho intramolecular Hbond substituents is 2. The summed E-state index contributed by atoms with van der Waals surface area (Å²) in [6.45, 7) is 20.1. The summed E-state index contributed by atoms with van der Waals surface area (Å²) in [5.74, 6) is 2.30. The minimum atomic E-state index is -0.215. The van der Waals surface area contributed by atoms with E-state index in [1.807, 2.05) is 19.1 Å². The van der Waals surface area contributed by atoms with Crippen molar-refractivity contribution in [3.05, 3.63) is 217 Å². The number of allylic oxidation sites excluding steroid dienone is 7. The minimum absolute atomic E-state index is 0.215. The summed E-state index contributed by atoms with van der Waals surface area (Å²) < 4.78 is 9.78. The zero-order valence-corrected chi connectivity index (χ0v) is 43.6. The van der Waals surface area contributed by atoms with E-state index in [2.05, 4.69) is 194 Å². The van der Waals surface area contributed by atoms with E-state index < -0.39 is 0 Å². The molecule has 0 radical (unpaired) electrons. The molecule has 10 rings (SSSR count). The fraction of sp³-hybridized carbons (Fsp3) is 0.288. The lowest BCUT2D eigenvalue weighted by atomic mass is 9.78. The fourth-order valence-corrected chi connectivity index (χ4v) is 12.3. The Morgan fingerprint density at radius 2 is 1.34 bits per heavy atom. The zero-order valence-electron chi connectivity index (χ0n) is 43.6. The van der Waals surface area contributed by atoms with E-state index in [4.69, 9.17) is 4.74 Å². The second kappa shape index (κ2) is 18.2. The van der Waals surface area contributed by atoms with Crippen molar-refractivity contribution in [2.45, 2.75) is 112 Å². The van der Waals surface area contributed by atoms with Gasteiger partial charge in [-0.3, -0.25) is 0 Å². The maximum absolute atomic E-state index is 11.3. The maximum atomic E-state index is 11.3. The maximum Gasteiger partial charge on any atom is 0.210 e. The highest BCUT2D eigenvalue weighted by Crippen LogP contribution is 2.50. The number of aromatic hydroxyl groups is 2. The molecule has 1 aliphatic carbocycles. The van der Waals surface area contributed by atoms with Crippen molar-refractivity contribution >= 4 is 38.6 Å². The Kier molecular flexibility index (Phi) is 12.2. The molecule has 2 aliphatic heterocycles. The van der Waals surface area contributed by atoms with Crippen molar-refractivity contribution in [3.8, 4) is 17.2 Å². The lowest BCUT2D eigenvalue weighted by molar-refractivity contribution is -0.401. The molecule has 3 aliphatic rings. The highest BCUT2D eigenvalue weighted by Gasteiger charge is 2.44. The van der Waals surface area contributed by atoms with Gasteiger partial charge in [0.15, 0.2) is 5.71 Å². The number of anilines is 1. The number of aryl methyl sites for hydroxylation is 2. The van der Waals surface area contributed by atoms with Gasteiger partial charge in [0.25, 0.3) is 0 Å². The van der Waals surface area contributed by atoms with Gasteiger partial charge < -0.3 is 19.8 Å². The van der Waals surface area contributed by atoms with Crippen molar-refractivity contribution in [3.63, 3.8) is 0 Å². The van der Waals surface area contributed by atoms with Crippen LogP contribution in [0, 0.1) is 27.7 Å². The molecule has 5 heteroatoms. The Morgan fingerprint density at radius 1 is 0.662 bits per heavy atom. The molecule has 71 heavy (non-hydrogen) atoms. The van der Waals surface area contributed by atoms with Crippen molar-refractivity contribution in [1.82, 2.24) is 0 Å². The summed E-state index contributed by atoms with van der Waals surface area (Å²) in [7, 11) is 4.42. The lowest BCUT2D eigenvalue weighted by Gasteiger charge is -2.26. The van der Waals surface area contributed by atoms with Gasteiger partial charge in [0.1, 0.15) is 30.1 Å². The molecule has 0 atom stereocenters. The predicted octanol–water partition coefficient (Wildman–Crippen LogP) is 15.7. The third-order valence-corrected chi connectivity index (χ3v) is 16.5. The van der Waals surface area contributed by atoms with E-state index in [-0.39, 0.29) is 22.3 Å². The Bertz CT molecular complexity index is 3500. The molecule has 0 bridgehead atoms. The number of phenols is 2. The Morgan fingerprint density at radius 3 is 2.07 bits per heavy atom. The second-order valence-electron chi connectivity index (χ2n) is 21.5. The standard InChI is InChI=1S/C66H68N2O3/c1-12-44-37-53(38-50(42(44)4)35-49-26-31-59(70)56(43(49)5)39-51-36-52(69)34-40(2)41(51)3)71-64-47(27-32-60-65(6,7)62-54-22-15-13-18-45(54)24-29-57(62)67(60)10)20-17-21-48(64)28-33-61-66(8,9)63-55-23-16-14-19-46(55)25-30-58(63)68(61)11/h13-16,18-19,22-34,36-38H,12,17,20-21,35,39H2,1-11H3,(H-,69,70)/p+1. The van der Waals surface area contributed by atoms with Gasteiger partial charge in [-0.2, -0.15) is 4.58 Å². The predicted molar refractivity (Wildman–Crippen MR) is 297 cm³/mol. The highest BCUT2D eigenvalue weighted by atomic mass is 16.5. The lowest BCUT2D eigenvalue weighted by Crippen LogP contribution is -2.27. The number of nitrogens with zero attached hydrogens (tertiary/aromatic N) is 2. The van der Waals surface area contributed by atoms with Gasteiger partial charge in [0.2, 0.25) is 5.69 Å². The largest absolute Gasteiger partial charge is 0.508 e. The van der Waals surface area contributed by atoms with Crippen LogP contribution >= 0.6 is 0 Å². The normalized spacial score (nSPS) is 17.4. The first kappa shape index (κ1) is 47.6. The van der Waals surface area contributed by atoms with Crippen molar-refractivity contribution in [1.29, 1.82) is 0 Å². The molecule has 2 heterocycles. The van der Waals surface area contributed by atoms with E-state index in [0.29, 0.717) is 12.8 Å². The van der Waals surface area contributed by atoms with Crippen LogP contribution in [0.15, 0.2) is 156 Å². The first-order valence-corrected chi connectivity index (χ1v) is 25.6. The van der Waals surface area contributed by atoms with E-state index in [0.717, 1.165) is 70.6 Å². The molecule has 7 aromatic rings. The number of likely N-dealkylation sites (N-methyl/N-ethyl adjacent to an activating group) is 1. The minimum Gasteiger partial charge on any atom is -0.508 e. The molecule has 5 nitrogen and oxygen atoms in total. The second-order valence-corrected chi connectivity index (χ2v) is 21.5. The van der Waals surface area contributed by atoms with Crippen LogP contribution in [0.1, 0.15) is 115 Å². The third kappa shape index (κ3) is 8.27. The zero-order chi connectivity index (χ0) is 50.1. The SMILES string of the molecule is CCc1cc(OC2=C(/C=C/C3=[N+](C)c4ccc5ccccc5c4C3(C)C)CCC/C2=C\C=C2\N(C)c3ccc4ccccc4c3C2(C)C)cc(Cc2ccc(O)c(Cc3cc(O)cc(C)c3C)c2C)c1C. The molecule has 0 amide bonds. The van der Waals surface area contributed by atoms with Gasteiger partial charge in [-0.15, -0.1) is 0 Å². The monoisotopic (exact) mass is 938 g/mol. The van der Waals surface area contributed by atoms with Crippen molar-refractivity contribution in [2.75, 3.05) is 19.0 Å². The van der Waals surface area contributed by atoms with E-state index >= 15 is 0 Å². The van der Waals surface area contributed by atoms with Crippen molar-refractivity contribution in [2.24, 2.45) is 0 Å². The van der Waals surface area contributed by atoms with Crippen LogP contribution in [0.5, 0.6) is 17.2 Å². The van der Waals surface area contributed by atoms with Crippen LogP contribution < -0.4 is 9.64 Å². The molecule has 0 unspecified atom stereocenters. The molecule has 7 aromatic carbocycles. The molecule has 0 saturated heterocycles. The Hall–Kier alpha value is -7.11. The van der Waals surface area contributed by atoms with Crippen LogP contribution in [-0.2, 0) is 30.1 Å². The topological polar surface area (TPSA) is 55.9 Å². The number of hydrogen-bond donors (Lipinski definition) is 2. The summed E-state index contributed by atoms with van der Waals surface area (Å²) in [4.78, 5) is 2.38. The number of benzene rings is 7. The van der Waals surface area contributed by atoms with Crippen molar-refractivity contribution < 1.29 is 19.5 Å². The average molecular weight is 938 g/mol.